The summed E-state index contributed by atoms with van der Waals surface area (Å²) in [4.78, 5) is 44.0. The Morgan fingerprint density at radius 3 is 2.56 bits per heavy atom. The van der Waals surface area contributed by atoms with Gasteiger partial charge < -0.3 is 9.88 Å². The number of benzene rings is 1. The van der Waals surface area contributed by atoms with Crippen LogP contribution >= 0.6 is 0 Å². The first-order valence-corrected chi connectivity index (χ1v) is 10.8. The molecule has 2 aromatic heterocycles. The van der Waals surface area contributed by atoms with Gasteiger partial charge in [-0.25, -0.2) is 14.3 Å². The summed E-state index contributed by atoms with van der Waals surface area (Å²) in [5.74, 6) is -0.447. The number of amides is 1. The highest BCUT2D eigenvalue weighted by molar-refractivity contribution is 5.77. The molecule has 0 saturated carbocycles. The lowest BCUT2D eigenvalue weighted by atomic mass is 10.0. The van der Waals surface area contributed by atoms with Crippen LogP contribution in [-0.4, -0.2) is 48.6 Å². The van der Waals surface area contributed by atoms with Gasteiger partial charge in [-0.1, -0.05) is 18.2 Å². The number of nitrogens with one attached hydrogen (secondary N) is 1. The molecule has 9 nitrogen and oxygen atoms in total. The number of nitrogens with zero attached hydrogens (tertiary/aromatic N) is 5. The Morgan fingerprint density at radius 2 is 1.88 bits per heavy atom. The molecule has 34 heavy (non-hydrogen) atoms. The van der Waals surface area contributed by atoms with Crippen LogP contribution in [0.5, 0.6) is 0 Å². The van der Waals surface area contributed by atoms with Gasteiger partial charge in [0.15, 0.2) is 11.2 Å². The van der Waals surface area contributed by atoms with Crippen molar-refractivity contribution in [3.63, 3.8) is 0 Å². The highest BCUT2D eigenvalue weighted by Gasteiger charge is 2.30. The fourth-order valence-corrected chi connectivity index (χ4v) is 4.29. The van der Waals surface area contributed by atoms with Crippen LogP contribution in [0.15, 0.2) is 40.2 Å². The summed E-state index contributed by atoms with van der Waals surface area (Å²) in [6.45, 7) is 1.19. The van der Waals surface area contributed by atoms with Gasteiger partial charge in [-0.15, -0.1) is 0 Å². The van der Waals surface area contributed by atoms with E-state index in [-0.39, 0.29) is 17.2 Å². The zero-order chi connectivity index (χ0) is 24.6. The Labute approximate surface area is 192 Å². The fraction of sp³-hybridized carbons (Fsp3) is 0.455. The summed E-state index contributed by atoms with van der Waals surface area (Å²) in [5, 5.41) is 2.87. The van der Waals surface area contributed by atoms with Gasteiger partial charge in [-0.05, 0) is 24.5 Å². The zero-order valence-corrected chi connectivity index (χ0v) is 18.8. The first-order valence-electron chi connectivity index (χ1n) is 10.8. The molecule has 0 spiro atoms. The molecule has 3 aromatic rings. The predicted molar refractivity (Wildman–Crippen MR) is 118 cm³/mol. The summed E-state index contributed by atoms with van der Waals surface area (Å²) in [7, 11) is 3.13. The van der Waals surface area contributed by atoms with Gasteiger partial charge in [0.1, 0.15) is 6.54 Å². The van der Waals surface area contributed by atoms with Gasteiger partial charge in [0.2, 0.25) is 5.91 Å². The Morgan fingerprint density at radius 1 is 1.18 bits per heavy atom. The third-order valence-electron chi connectivity index (χ3n) is 6.12. The molecule has 0 aliphatic carbocycles. The van der Waals surface area contributed by atoms with E-state index in [1.54, 1.807) is 13.1 Å². The molecule has 0 atom stereocenters. The molecule has 182 valence electrons. The van der Waals surface area contributed by atoms with Crippen LogP contribution < -0.4 is 16.6 Å². The third kappa shape index (κ3) is 4.76. The number of rotatable bonds is 5. The maximum Gasteiger partial charge on any atom is 0.416 e. The van der Waals surface area contributed by atoms with Gasteiger partial charge in [-0.2, -0.15) is 13.2 Å². The van der Waals surface area contributed by atoms with E-state index < -0.39 is 35.4 Å². The number of hydrogen-bond acceptors (Lipinski definition) is 5. The van der Waals surface area contributed by atoms with E-state index in [1.165, 1.54) is 28.6 Å². The number of aryl methyl sites for hydroxylation is 2. The van der Waals surface area contributed by atoms with E-state index in [9.17, 15) is 27.6 Å². The second kappa shape index (κ2) is 9.09. The highest BCUT2D eigenvalue weighted by atomic mass is 19.4. The van der Waals surface area contributed by atoms with Gasteiger partial charge in [0.25, 0.3) is 5.56 Å². The van der Waals surface area contributed by atoms with Crippen molar-refractivity contribution in [2.45, 2.75) is 38.1 Å². The van der Waals surface area contributed by atoms with Crippen molar-refractivity contribution < 1.29 is 18.0 Å². The molecule has 1 aliphatic rings. The number of alkyl halides is 3. The number of carbonyl (C=O) groups excluding carboxylic acids is 1. The predicted octanol–water partition coefficient (Wildman–Crippen LogP) is 1.23. The largest absolute Gasteiger partial charge is 0.416 e. The monoisotopic (exact) mass is 478 g/mol. The summed E-state index contributed by atoms with van der Waals surface area (Å²) in [6, 6.07) is 5.13. The van der Waals surface area contributed by atoms with Gasteiger partial charge in [0.05, 0.1) is 11.9 Å². The smallest absolute Gasteiger partial charge is 0.352 e. The SMILES string of the molecule is Cn1cnc2c1c(=O)n(CC(=O)NC1CCN(Cc3cccc(C(F)(F)F)c3)CC1)c(=O)n2C. The molecule has 1 amide bonds. The molecule has 1 fully saturated rings. The Bertz CT molecular complexity index is 1330. The number of piperidine rings is 1. The lowest BCUT2D eigenvalue weighted by Crippen LogP contribution is -2.48. The summed E-state index contributed by atoms with van der Waals surface area (Å²) < 4.78 is 42.4. The maximum atomic E-state index is 12.9. The fourth-order valence-electron chi connectivity index (χ4n) is 4.29. The first-order chi connectivity index (χ1) is 16.0. The van der Waals surface area contributed by atoms with E-state index in [4.69, 9.17) is 0 Å². The molecule has 1 N–H and O–H groups in total. The quantitative estimate of drug-likeness (QED) is 0.596. The average molecular weight is 478 g/mol. The van der Waals surface area contributed by atoms with E-state index in [2.05, 4.69) is 10.3 Å². The summed E-state index contributed by atoms with van der Waals surface area (Å²) in [5.41, 5.74) is -0.803. The van der Waals surface area contributed by atoms with Crippen molar-refractivity contribution in [2.24, 2.45) is 14.1 Å². The molecular weight excluding hydrogens is 453 g/mol. The van der Waals surface area contributed by atoms with E-state index in [0.29, 0.717) is 38.0 Å². The number of fused-ring (bicyclic) bond motifs is 1. The van der Waals surface area contributed by atoms with Crippen LogP contribution in [0.3, 0.4) is 0 Å². The number of likely N-dealkylation sites (tertiary alicyclic amines) is 1. The molecule has 4 rings (SSSR count). The number of carbonyl (C=O) groups is 1. The molecule has 1 saturated heterocycles. The van der Waals surface area contributed by atoms with Crippen LogP contribution in [0.4, 0.5) is 13.2 Å². The van der Waals surface area contributed by atoms with Crippen LogP contribution in [0, 0.1) is 0 Å². The summed E-state index contributed by atoms with van der Waals surface area (Å²) >= 11 is 0. The average Bonchev–Trinajstić information content (AvgIpc) is 3.18. The number of imidazole rings is 1. The maximum absolute atomic E-state index is 12.9. The Hall–Kier alpha value is -3.41. The third-order valence-corrected chi connectivity index (χ3v) is 6.12. The van der Waals surface area contributed by atoms with Crippen LogP contribution in [-0.2, 0) is 38.2 Å². The minimum Gasteiger partial charge on any atom is -0.352 e. The van der Waals surface area contributed by atoms with Crippen molar-refractivity contribution >= 4 is 17.1 Å². The van der Waals surface area contributed by atoms with E-state index in [1.807, 2.05) is 4.90 Å². The number of hydrogen-bond donors (Lipinski definition) is 1. The normalized spacial score (nSPS) is 15.7. The molecule has 12 heteroatoms. The van der Waals surface area contributed by atoms with Crippen molar-refractivity contribution in [3.05, 3.63) is 62.6 Å². The van der Waals surface area contributed by atoms with Crippen molar-refractivity contribution in [2.75, 3.05) is 13.1 Å². The Kier molecular flexibility index (Phi) is 6.34. The topological polar surface area (TPSA) is 94.2 Å². The molecule has 0 radical (unpaired) electrons. The van der Waals surface area contributed by atoms with E-state index in [0.717, 1.165) is 16.7 Å². The molecule has 1 aliphatic heterocycles. The number of halogens is 3. The summed E-state index contributed by atoms with van der Waals surface area (Å²) in [6.07, 6.45) is -1.72. The number of aromatic nitrogens is 4. The van der Waals surface area contributed by atoms with E-state index >= 15 is 0 Å². The van der Waals surface area contributed by atoms with Crippen molar-refractivity contribution in [3.8, 4) is 0 Å². The van der Waals surface area contributed by atoms with Gasteiger partial charge in [0, 0.05) is 39.8 Å². The van der Waals surface area contributed by atoms with Crippen molar-refractivity contribution in [1.29, 1.82) is 0 Å². The van der Waals surface area contributed by atoms with Crippen LogP contribution in [0.25, 0.3) is 11.2 Å². The molecule has 3 heterocycles. The first kappa shape index (κ1) is 23.7. The highest BCUT2D eigenvalue weighted by Crippen LogP contribution is 2.30. The second-order valence-electron chi connectivity index (χ2n) is 8.58. The minimum atomic E-state index is -4.38. The Balaban J connectivity index is 1.36. The zero-order valence-electron chi connectivity index (χ0n) is 18.8. The van der Waals surface area contributed by atoms with Crippen LogP contribution in [0.1, 0.15) is 24.0 Å². The lowest BCUT2D eigenvalue weighted by molar-refractivity contribution is -0.137. The molecule has 0 bridgehead atoms. The van der Waals surface area contributed by atoms with Gasteiger partial charge in [-0.3, -0.25) is 19.1 Å². The minimum absolute atomic E-state index is 0.148. The van der Waals surface area contributed by atoms with Crippen LogP contribution in [0.2, 0.25) is 0 Å². The lowest BCUT2D eigenvalue weighted by Gasteiger charge is -2.32. The van der Waals surface area contributed by atoms with Gasteiger partial charge >= 0.3 is 11.9 Å². The standard InChI is InChI=1S/C22H25F3N6O3/c1-28-13-26-19-18(28)20(33)31(21(34)29(19)2)12-17(32)27-16-6-8-30(9-7-16)11-14-4-3-5-15(10-14)22(23,24)25/h3-5,10,13,16H,6-9,11-12H2,1-2H3,(H,27,32). The second-order valence-corrected chi connectivity index (χ2v) is 8.58. The molecular formula is C22H25F3N6O3. The van der Waals surface area contributed by atoms with Crippen molar-refractivity contribution in [1.82, 2.24) is 28.9 Å². The molecule has 1 aromatic carbocycles. The molecule has 0 unspecified atom stereocenters.